The summed E-state index contributed by atoms with van der Waals surface area (Å²) in [5.74, 6) is 1.44. The number of hydrogen-bond donors (Lipinski definition) is 1. The van der Waals surface area contributed by atoms with E-state index >= 15 is 0 Å². The van der Waals surface area contributed by atoms with Crippen molar-refractivity contribution in [3.05, 3.63) is 48.0 Å². The quantitative estimate of drug-likeness (QED) is 0.651. The Morgan fingerprint density at radius 2 is 1.66 bits per heavy atom. The zero-order valence-corrected chi connectivity index (χ0v) is 20.9. The second kappa shape index (κ2) is 10.2. The molecule has 1 N–H and O–H groups in total. The summed E-state index contributed by atoms with van der Waals surface area (Å²) in [5, 5.41) is 2.96. The fourth-order valence-electron chi connectivity index (χ4n) is 5.18. The van der Waals surface area contributed by atoms with E-state index < -0.39 is 10.0 Å². The average Bonchev–Trinajstić information content (AvgIpc) is 3.53. The van der Waals surface area contributed by atoms with E-state index in [9.17, 15) is 13.2 Å². The third-order valence-corrected chi connectivity index (χ3v) is 9.06. The lowest BCUT2D eigenvalue weighted by Gasteiger charge is -2.30. The molecule has 2 fully saturated rings. The van der Waals surface area contributed by atoms with Gasteiger partial charge in [-0.1, -0.05) is 6.07 Å². The number of sulfonamides is 1. The smallest absolute Gasteiger partial charge is 0.243 e. The largest absolute Gasteiger partial charge is 0.490 e. The molecule has 3 heterocycles. The molecule has 0 saturated carbocycles. The van der Waals surface area contributed by atoms with E-state index in [1.165, 1.54) is 4.31 Å². The Bertz CT molecular complexity index is 1160. The summed E-state index contributed by atoms with van der Waals surface area (Å²) in [6, 6.07) is 12.3. The van der Waals surface area contributed by atoms with Crippen molar-refractivity contribution in [1.82, 2.24) is 9.21 Å². The molecule has 5 rings (SSSR count). The maximum absolute atomic E-state index is 13.1. The van der Waals surface area contributed by atoms with Crippen LogP contribution in [0.4, 0.5) is 5.69 Å². The molecule has 2 aromatic rings. The zero-order valence-electron chi connectivity index (χ0n) is 20.1. The monoisotopic (exact) mass is 499 g/mol. The van der Waals surface area contributed by atoms with Crippen LogP contribution in [-0.2, 0) is 14.8 Å². The van der Waals surface area contributed by atoms with Crippen molar-refractivity contribution in [3.63, 3.8) is 0 Å². The van der Waals surface area contributed by atoms with Crippen LogP contribution in [0.3, 0.4) is 0 Å². The van der Waals surface area contributed by atoms with Crippen molar-refractivity contribution in [2.45, 2.75) is 56.0 Å². The van der Waals surface area contributed by atoms with Crippen molar-refractivity contribution in [3.8, 4) is 11.5 Å². The van der Waals surface area contributed by atoms with E-state index in [4.69, 9.17) is 9.47 Å². The molecule has 2 atom stereocenters. The molecule has 3 aliphatic rings. The van der Waals surface area contributed by atoms with Gasteiger partial charge >= 0.3 is 0 Å². The third-order valence-electron chi connectivity index (χ3n) is 7.15. The van der Waals surface area contributed by atoms with Crippen LogP contribution in [0.2, 0.25) is 0 Å². The van der Waals surface area contributed by atoms with Crippen LogP contribution in [0.5, 0.6) is 11.5 Å². The van der Waals surface area contributed by atoms with Gasteiger partial charge < -0.3 is 14.8 Å². The molecule has 188 valence electrons. The predicted molar refractivity (Wildman–Crippen MR) is 133 cm³/mol. The number of benzene rings is 2. The van der Waals surface area contributed by atoms with Gasteiger partial charge in [0.2, 0.25) is 15.9 Å². The number of hydrogen-bond acceptors (Lipinski definition) is 6. The van der Waals surface area contributed by atoms with Gasteiger partial charge in [0.05, 0.1) is 24.2 Å². The molecule has 2 aromatic carbocycles. The first-order valence-corrected chi connectivity index (χ1v) is 13.9. The van der Waals surface area contributed by atoms with Crippen LogP contribution >= 0.6 is 0 Å². The molecule has 3 aliphatic heterocycles. The first-order chi connectivity index (χ1) is 16.9. The van der Waals surface area contributed by atoms with Crippen LogP contribution < -0.4 is 14.8 Å². The number of ether oxygens (including phenoxy) is 2. The van der Waals surface area contributed by atoms with Gasteiger partial charge in [0, 0.05) is 31.2 Å². The normalized spacial score (nSPS) is 22.0. The fraction of sp³-hybridized carbons (Fsp3) is 0.500. The van der Waals surface area contributed by atoms with Crippen molar-refractivity contribution >= 4 is 21.6 Å². The molecule has 2 saturated heterocycles. The first kappa shape index (κ1) is 24.1. The Morgan fingerprint density at radius 3 is 2.40 bits per heavy atom. The number of carbonyl (C=O) groups excluding carboxylic acids is 1. The highest BCUT2D eigenvalue weighted by atomic mass is 32.2. The van der Waals surface area contributed by atoms with Gasteiger partial charge in [0.25, 0.3) is 0 Å². The Kier molecular flexibility index (Phi) is 7.00. The van der Waals surface area contributed by atoms with Gasteiger partial charge in [0.1, 0.15) is 0 Å². The second-order valence-electron chi connectivity index (χ2n) is 9.45. The minimum atomic E-state index is -3.47. The van der Waals surface area contributed by atoms with Gasteiger partial charge in [-0.3, -0.25) is 9.69 Å². The molecule has 9 heteroatoms. The topological polar surface area (TPSA) is 88.2 Å². The highest BCUT2D eigenvalue weighted by molar-refractivity contribution is 7.89. The summed E-state index contributed by atoms with van der Waals surface area (Å²) >= 11 is 0. The summed E-state index contributed by atoms with van der Waals surface area (Å²) in [6.07, 6.45) is 4.64. The molecule has 0 radical (unpaired) electrons. The van der Waals surface area contributed by atoms with Crippen LogP contribution in [-0.4, -0.2) is 62.4 Å². The lowest BCUT2D eigenvalue weighted by atomic mass is 10.0. The maximum atomic E-state index is 13.1. The Hall–Kier alpha value is -2.62. The molecule has 1 amide bonds. The van der Waals surface area contributed by atoms with E-state index in [0.717, 1.165) is 55.7 Å². The predicted octanol–water partition coefficient (Wildman–Crippen LogP) is 3.80. The van der Waals surface area contributed by atoms with Crippen LogP contribution in [0.15, 0.2) is 47.4 Å². The summed E-state index contributed by atoms with van der Waals surface area (Å²) in [4.78, 5) is 15.6. The Morgan fingerprint density at radius 1 is 0.943 bits per heavy atom. The van der Waals surface area contributed by atoms with Crippen molar-refractivity contribution < 1.29 is 22.7 Å². The van der Waals surface area contributed by atoms with Crippen molar-refractivity contribution in [1.29, 1.82) is 0 Å². The van der Waals surface area contributed by atoms with Gasteiger partial charge in [0.15, 0.2) is 11.5 Å². The number of rotatable bonds is 6. The summed E-state index contributed by atoms with van der Waals surface area (Å²) in [5.41, 5.74) is 1.72. The van der Waals surface area contributed by atoms with Crippen LogP contribution in [0.25, 0.3) is 0 Å². The van der Waals surface area contributed by atoms with Gasteiger partial charge in [-0.15, -0.1) is 0 Å². The van der Waals surface area contributed by atoms with Crippen LogP contribution in [0, 0.1) is 0 Å². The molecule has 0 spiro atoms. The zero-order chi connectivity index (χ0) is 24.4. The highest BCUT2D eigenvalue weighted by Crippen LogP contribution is 2.39. The number of carbonyl (C=O) groups is 1. The number of amides is 1. The van der Waals surface area contributed by atoms with Crippen LogP contribution in [0.1, 0.15) is 50.6 Å². The third kappa shape index (κ3) is 5.03. The Labute approximate surface area is 207 Å². The van der Waals surface area contributed by atoms with Gasteiger partial charge in [-0.2, -0.15) is 4.31 Å². The van der Waals surface area contributed by atoms with Gasteiger partial charge in [-0.25, -0.2) is 8.42 Å². The lowest BCUT2D eigenvalue weighted by molar-refractivity contribution is -0.121. The van der Waals surface area contributed by atoms with E-state index in [1.807, 2.05) is 19.1 Å². The maximum Gasteiger partial charge on any atom is 0.243 e. The molecule has 0 unspecified atom stereocenters. The number of nitrogens with one attached hydrogen (secondary N) is 1. The van der Waals surface area contributed by atoms with Crippen molar-refractivity contribution in [2.24, 2.45) is 0 Å². The number of fused-ring (bicyclic) bond motifs is 1. The molecular weight excluding hydrogens is 466 g/mol. The van der Waals surface area contributed by atoms with Gasteiger partial charge in [-0.05, 0) is 81.1 Å². The summed E-state index contributed by atoms with van der Waals surface area (Å²) in [7, 11) is -3.47. The van der Waals surface area contributed by atoms with Crippen molar-refractivity contribution in [2.75, 3.05) is 38.2 Å². The molecule has 0 aliphatic carbocycles. The second-order valence-corrected chi connectivity index (χ2v) is 11.4. The minimum Gasteiger partial charge on any atom is -0.490 e. The Balaban J connectivity index is 1.25. The van der Waals surface area contributed by atoms with E-state index in [1.54, 1.807) is 24.3 Å². The number of likely N-dealkylation sites (tertiary alicyclic amines) is 1. The van der Waals surface area contributed by atoms with E-state index in [0.29, 0.717) is 32.0 Å². The summed E-state index contributed by atoms with van der Waals surface area (Å²) < 4.78 is 38.6. The van der Waals surface area contributed by atoms with E-state index in [2.05, 4.69) is 16.3 Å². The minimum absolute atomic E-state index is 0.110. The number of anilines is 1. The lowest BCUT2D eigenvalue weighted by Crippen LogP contribution is -2.41. The molecular formula is C26H33N3O5S. The van der Waals surface area contributed by atoms with E-state index in [-0.39, 0.29) is 22.9 Å². The molecule has 35 heavy (non-hydrogen) atoms. The fourth-order valence-corrected chi connectivity index (χ4v) is 6.70. The standard InChI is InChI=1S/C26H33N3O5S/c1-19(26(30)27-21-8-10-22(11-9-21)35(31,32)28-13-2-3-14-28)29-15-4-6-23(29)20-7-12-24-25(18-20)34-17-5-16-33-24/h7-12,18-19,23H,2-6,13-17H2,1H3,(H,27,30)/t19-,23+/m1/s1. The molecule has 0 bridgehead atoms. The average molecular weight is 500 g/mol. The number of nitrogens with zero attached hydrogens (tertiary/aromatic N) is 2. The molecule has 0 aromatic heterocycles. The first-order valence-electron chi connectivity index (χ1n) is 12.5. The summed E-state index contributed by atoms with van der Waals surface area (Å²) in [6.45, 7) is 5.19. The SMILES string of the molecule is C[C@H](C(=O)Nc1ccc(S(=O)(=O)N2CCCC2)cc1)N1CCC[C@H]1c1ccc2c(c1)OCCCO2. The highest BCUT2D eigenvalue weighted by Gasteiger charge is 2.34. The molecule has 8 nitrogen and oxygen atoms in total.